The average molecular weight is 505 g/mol. The van der Waals surface area contributed by atoms with E-state index >= 15 is 0 Å². The van der Waals surface area contributed by atoms with Crippen molar-refractivity contribution in [2.45, 2.75) is 64.3 Å². The van der Waals surface area contributed by atoms with Gasteiger partial charge in [-0.3, -0.25) is 4.79 Å². The maximum absolute atomic E-state index is 12.9. The van der Waals surface area contributed by atoms with Crippen LogP contribution in [0.5, 0.6) is 5.75 Å². The van der Waals surface area contributed by atoms with Crippen LogP contribution in [0, 0.1) is 11.8 Å². The molecule has 198 valence electrons. The SMILES string of the molecule is CCc1cnc(N2CCC(COc3ccc(C4=CC[C@H](C(=O)N5CCC[C@@H]5CO)CC4)cc3)CC2)nc1. The minimum Gasteiger partial charge on any atom is -0.493 e. The number of nitrogens with zero attached hydrogens (tertiary/aromatic N) is 4. The summed E-state index contributed by atoms with van der Waals surface area (Å²) in [5, 5.41) is 9.55. The highest BCUT2D eigenvalue weighted by atomic mass is 16.5. The van der Waals surface area contributed by atoms with Gasteiger partial charge in [0.2, 0.25) is 11.9 Å². The van der Waals surface area contributed by atoms with E-state index in [0.29, 0.717) is 5.92 Å². The molecule has 0 radical (unpaired) electrons. The van der Waals surface area contributed by atoms with Crippen LogP contribution in [0.25, 0.3) is 5.57 Å². The largest absolute Gasteiger partial charge is 0.493 e. The lowest BCUT2D eigenvalue weighted by atomic mass is 9.85. The summed E-state index contributed by atoms with van der Waals surface area (Å²) in [6.07, 6.45) is 13.7. The van der Waals surface area contributed by atoms with Crippen molar-refractivity contribution in [3.63, 3.8) is 0 Å². The number of carbonyl (C=O) groups is 1. The Kier molecular flexibility index (Phi) is 8.39. The van der Waals surface area contributed by atoms with Crippen molar-refractivity contribution in [2.75, 3.05) is 37.7 Å². The fourth-order valence-corrected chi connectivity index (χ4v) is 5.84. The van der Waals surface area contributed by atoms with Crippen molar-refractivity contribution >= 4 is 17.4 Å². The number of aliphatic hydroxyl groups excluding tert-OH is 1. The monoisotopic (exact) mass is 504 g/mol. The average Bonchev–Trinajstić information content (AvgIpc) is 3.45. The van der Waals surface area contributed by atoms with Crippen molar-refractivity contribution < 1.29 is 14.6 Å². The maximum Gasteiger partial charge on any atom is 0.226 e. The first-order valence-electron chi connectivity index (χ1n) is 14.0. The number of likely N-dealkylation sites (tertiary alicyclic amines) is 1. The number of hydrogen-bond donors (Lipinski definition) is 1. The lowest BCUT2D eigenvalue weighted by Gasteiger charge is -2.31. The molecule has 2 atom stereocenters. The van der Waals surface area contributed by atoms with Crippen LogP contribution in [0.4, 0.5) is 5.95 Å². The van der Waals surface area contributed by atoms with E-state index in [1.807, 2.05) is 17.3 Å². The number of aliphatic hydroxyl groups is 1. The van der Waals surface area contributed by atoms with Crippen LogP contribution in [0.1, 0.15) is 63.0 Å². The summed E-state index contributed by atoms with van der Waals surface area (Å²) in [5.41, 5.74) is 3.71. The van der Waals surface area contributed by atoms with Gasteiger partial charge in [-0.25, -0.2) is 9.97 Å². The predicted octanol–water partition coefficient (Wildman–Crippen LogP) is 4.50. The Hall–Kier alpha value is -2.93. The number of allylic oxidation sites excluding steroid dienone is 2. The van der Waals surface area contributed by atoms with Crippen LogP contribution < -0.4 is 9.64 Å². The number of hydrogen-bond acceptors (Lipinski definition) is 6. The maximum atomic E-state index is 12.9. The van der Waals surface area contributed by atoms with Crippen LogP contribution in [-0.4, -0.2) is 64.8 Å². The van der Waals surface area contributed by atoms with Gasteiger partial charge in [0.1, 0.15) is 5.75 Å². The lowest BCUT2D eigenvalue weighted by Crippen LogP contribution is -2.41. The first kappa shape index (κ1) is 25.7. The van der Waals surface area contributed by atoms with E-state index in [1.165, 1.54) is 16.7 Å². The number of amides is 1. The smallest absolute Gasteiger partial charge is 0.226 e. The molecule has 0 bridgehead atoms. The van der Waals surface area contributed by atoms with E-state index in [2.05, 4.69) is 52.1 Å². The molecule has 1 aromatic heterocycles. The molecule has 1 amide bonds. The number of piperidine rings is 1. The number of anilines is 1. The Morgan fingerprint density at radius 1 is 1.05 bits per heavy atom. The van der Waals surface area contributed by atoms with Crippen LogP contribution in [0.3, 0.4) is 0 Å². The third-order valence-corrected chi connectivity index (χ3v) is 8.34. The topological polar surface area (TPSA) is 78.8 Å². The van der Waals surface area contributed by atoms with E-state index in [-0.39, 0.29) is 24.5 Å². The normalized spacial score (nSPS) is 22.7. The van der Waals surface area contributed by atoms with Crippen LogP contribution in [0.2, 0.25) is 0 Å². The van der Waals surface area contributed by atoms with Gasteiger partial charge in [0, 0.05) is 37.9 Å². The molecule has 0 unspecified atom stereocenters. The molecule has 2 aromatic rings. The number of ether oxygens (including phenoxy) is 1. The fraction of sp³-hybridized carbons (Fsp3) is 0.567. The molecule has 2 fully saturated rings. The zero-order chi connectivity index (χ0) is 25.6. The van der Waals surface area contributed by atoms with Gasteiger partial charge in [-0.15, -0.1) is 0 Å². The molecule has 1 aromatic carbocycles. The molecule has 7 nitrogen and oxygen atoms in total. The highest BCUT2D eigenvalue weighted by Crippen LogP contribution is 2.33. The summed E-state index contributed by atoms with van der Waals surface area (Å²) >= 11 is 0. The zero-order valence-corrected chi connectivity index (χ0v) is 22.0. The van der Waals surface area contributed by atoms with Crippen LogP contribution in [-0.2, 0) is 11.2 Å². The number of carbonyl (C=O) groups excluding carboxylic acids is 1. The van der Waals surface area contributed by atoms with Gasteiger partial charge < -0.3 is 19.6 Å². The van der Waals surface area contributed by atoms with Crippen LogP contribution >= 0.6 is 0 Å². The standard InChI is InChI=1S/C30H40N4O3/c1-2-22-18-31-30(32-19-22)33-16-13-23(14-17-33)21-37-28-11-9-25(10-12-28)24-5-7-26(8-6-24)29(36)34-15-3-4-27(34)20-35/h5,9-12,18-19,23,26-27,35H,2-4,6-8,13-17,20-21H2,1H3/t26-,27+/m0/s1. The molecule has 3 aliphatic rings. The third-order valence-electron chi connectivity index (χ3n) is 8.34. The molecule has 37 heavy (non-hydrogen) atoms. The molecular weight excluding hydrogens is 464 g/mol. The highest BCUT2D eigenvalue weighted by molar-refractivity contribution is 5.81. The predicted molar refractivity (Wildman–Crippen MR) is 145 cm³/mol. The van der Waals surface area contributed by atoms with Gasteiger partial charge in [0.25, 0.3) is 0 Å². The Morgan fingerprint density at radius 2 is 1.81 bits per heavy atom. The van der Waals surface area contributed by atoms with Gasteiger partial charge in [-0.2, -0.15) is 0 Å². The third kappa shape index (κ3) is 6.15. The molecule has 1 N–H and O–H groups in total. The number of benzene rings is 1. The van der Waals surface area contributed by atoms with Gasteiger partial charge in [-0.1, -0.05) is 25.1 Å². The number of aryl methyl sites for hydroxylation is 1. The Labute approximate surface area is 220 Å². The zero-order valence-electron chi connectivity index (χ0n) is 22.0. The summed E-state index contributed by atoms with van der Waals surface area (Å²) in [4.78, 5) is 26.2. The Morgan fingerprint density at radius 3 is 2.46 bits per heavy atom. The summed E-state index contributed by atoms with van der Waals surface area (Å²) in [7, 11) is 0. The molecule has 0 spiro atoms. The van der Waals surface area contributed by atoms with E-state index in [0.717, 1.165) is 89.3 Å². The minimum atomic E-state index is 0.0185. The molecule has 0 saturated carbocycles. The number of aromatic nitrogens is 2. The summed E-state index contributed by atoms with van der Waals surface area (Å²) in [6.45, 7) is 5.66. The second-order valence-electron chi connectivity index (χ2n) is 10.7. The lowest BCUT2D eigenvalue weighted by molar-refractivity contribution is -0.137. The van der Waals surface area contributed by atoms with E-state index < -0.39 is 0 Å². The first-order valence-corrected chi connectivity index (χ1v) is 14.0. The Bertz CT molecular complexity index is 1060. The highest BCUT2D eigenvalue weighted by Gasteiger charge is 2.33. The van der Waals surface area contributed by atoms with Gasteiger partial charge >= 0.3 is 0 Å². The summed E-state index contributed by atoms with van der Waals surface area (Å²) in [5.74, 6) is 2.57. The van der Waals surface area contributed by atoms with Crippen molar-refractivity contribution in [3.05, 3.63) is 53.9 Å². The molecule has 2 saturated heterocycles. The molecule has 2 aliphatic heterocycles. The molecular formula is C30H40N4O3. The minimum absolute atomic E-state index is 0.0185. The first-order chi connectivity index (χ1) is 18.1. The van der Waals surface area contributed by atoms with Gasteiger partial charge in [-0.05, 0) is 86.1 Å². The molecule has 3 heterocycles. The van der Waals surface area contributed by atoms with Crippen molar-refractivity contribution in [2.24, 2.45) is 11.8 Å². The van der Waals surface area contributed by atoms with E-state index in [9.17, 15) is 9.90 Å². The van der Waals surface area contributed by atoms with Crippen LogP contribution in [0.15, 0.2) is 42.7 Å². The fourth-order valence-electron chi connectivity index (χ4n) is 5.84. The van der Waals surface area contributed by atoms with Crippen molar-refractivity contribution in [1.29, 1.82) is 0 Å². The Balaban J connectivity index is 1.07. The van der Waals surface area contributed by atoms with E-state index in [4.69, 9.17) is 4.74 Å². The molecule has 5 rings (SSSR count). The number of rotatable bonds is 8. The molecule has 1 aliphatic carbocycles. The van der Waals surface area contributed by atoms with E-state index in [1.54, 1.807) is 0 Å². The van der Waals surface area contributed by atoms with Gasteiger partial charge in [0.05, 0.1) is 19.3 Å². The second kappa shape index (κ2) is 12.1. The molecule has 7 heteroatoms. The van der Waals surface area contributed by atoms with Gasteiger partial charge in [0.15, 0.2) is 0 Å². The summed E-state index contributed by atoms with van der Waals surface area (Å²) < 4.78 is 6.15. The quantitative estimate of drug-likeness (QED) is 0.570. The summed E-state index contributed by atoms with van der Waals surface area (Å²) in [6, 6.07) is 8.45. The van der Waals surface area contributed by atoms with Crippen molar-refractivity contribution in [3.8, 4) is 5.75 Å². The second-order valence-corrected chi connectivity index (χ2v) is 10.7. The van der Waals surface area contributed by atoms with Crippen molar-refractivity contribution in [1.82, 2.24) is 14.9 Å².